The molecule has 0 heterocycles. The molecule has 1 aliphatic carbocycles. The molecule has 0 spiro atoms. The minimum Gasteiger partial charge on any atom is -0.355 e. The fraction of sp³-hybridized carbons (Fsp3) is 0.714. The maximum atomic E-state index is 12.4. The Morgan fingerprint density at radius 2 is 1.95 bits per heavy atom. The van der Waals surface area contributed by atoms with E-state index < -0.39 is 0 Å². The van der Waals surface area contributed by atoms with Gasteiger partial charge in [-0.1, -0.05) is 35.4 Å². The molecular weight excluding hydrogens is 320 g/mol. The predicted molar refractivity (Wildman–Crippen MR) is 87.0 cm³/mol. The second kappa shape index (κ2) is 7.67. The zero-order valence-electron chi connectivity index (χ0n) is 12.6. The van der Waals surface area contributed by atoms with Gasteiger partial charge in [0, 0.05) is 38.7 Å². The van der Waals surface area contributed by atoms with Gasteiger partial charge in [0.1, 0.15) is 0 Å². The van der Waals surface area contributed by atoms with Crippen LogP contribution in [0.15, 0.2) is 16.1 Å². The fourth-order valence-electron chi connectivity index (χ4n) is 2.65. The maximum absolute atomic E-state index is 12.4. The molecule has 5 nitrogen and oxygen atoms in total. The third-order valence-corrected chi connectivity index (χ3v) is 3.97. The molecule has 1 amide bonds. The van der Waals surface area contributed by atoms with Crippen molar-refractivity contribution in [2.75, 3.05) is 34.2 Å². The first kappa shape index (κ1) is 17.0. The molecule has 2 N–H and O–H groups in total. The summed E-state index contributed by atoms with van der Waals surface area (Å²) in [5.41, 5.74) is -0.285. The number of carbonyl (C=O) groups excluding carboxylic acids is 1. The minimum atomic E-state index is -0.285. The van der Waals surface area contributed by atoms with E-state index in [1.807, 2.05) is 14.1 Å². The molecular formula is C14H25BrN4O. The Kier molecular flexibility index (Phi) is 6.52. The van der Waals surface area contributed by atoms with Crippen LogP contribution in [-0.2, 0) is 4.79 Å². The molecule has 6 heteroatoms. The van der Waals surface area contributed by atoms with Crippen molar-refractivity contribution in [1.82, 2.24) is 15.5 Å². The summed E-state index contributed by atoms with van der Waals surface area (Å²) in [6.07, 6.45) is 4.12. The summed E-state index contributed by atoms with van der Waals surface area (Å²) in [5, 5.41) is 6.42. The Bertz CT molecular complexity index is 387. The summed E-state index contributed by atoms with van der Waals surface area (Å²) < 4.78 is 0.861. The van der Waals surface area contributed by atoms with Crippen LogP contribution in [0.2, 0.25) is 0 Å². The van der Waals surface area contributed by atoms with E-state index in [1.54, 1.807) is 11.9 Å². The van der Waals surface area contributed by atoms with Gasteiger partial charge in [-0.15, -0.1) is 0 Å². The van der Waals surface area contributed by atoms with Crippen LogP contribution in [-0.4, -0.2) is 51.0 Å². The standard InChI is InChI=1S/C14H25BrN4O/c1-11(15)9-17-13(16-2)18-10-14(7-5-6-8-14)12(20)19(3)4/h1,5-10H2,2-4H3,(H2,16,17,18). The molecule has 114 valence electrons. The summed E-state index contributed by atoms with van der Waals surface area (Å²) in [4.78, 5) is 18.3. The van der Waals surface area contributed by atoms with Gasteiger partial charge in [0.25, 0.3) is 0 Å². The van der Waals surface area contributed by atoms with Crippen LogP contribution in [0.1, 0.15) is 25.7 Å². The maximum Gasteiger partial charge on any atom is 0.230 e. The van der Waals surface area contributed by atoms with Gasteiger partial charge in [-0.05, 0) is 12.8 Å². The van der Waals surface area contributed by atoms with Crippen molar-refractivity contribution in [2.45, 2.75) is 25.7 Å². The molecule has 1 rings (SSSR count). The van der Waals surface area contributed by atoms with E-state index in [-0.39, 0.29) is 11.3 Å². The first-order valence-corrected chi connectivity index (χ1v) is 7.70. The van der Waals surface area contributed by atoms with Gasteiger partial charge in [0.15, 0.2) is 5.96 Å². The lowest BCUT2D eigenvalue weighted by Gasteiger charge is -2.31. The number of carbonyl (C=O) groups is 1. The number of rotatable bonds is 5. The van der Waals surface area contributed by atoms with E-state index in [0.717, 1.165) is 30.2 Å². The van der Waals surface area contributed by atoms with Crippen LogP contribution in [0.3, 0.4) is 0 Å². The monoisotopic (exact) mass is 344 g/mol. The predicted octanol–water partition coefficient (Wildman–Crippen LogP) is 1.71. The van der Waals surface area contributed by atoms with Gasteiger partial charge in [-0.2, -0.15) is 0 Å². The average Bonchev–Trinajstić information content (AvgIpc) is 2.87. The molecule has 0 aromatic heterocycles. The highest BCUT2D eigenvalue weighted by molar-refractivity contribution is 9.11. The van der Waals surface area contributed by atoms with E-state index in [1.165, 1.54) is 0 Å². The van der Waals surface area contributed by atoms with Crippen LogP contribution in [0.4, 0.5) is 0 Å². The molecule has 1 fully saturated rings. The van der Waals surface area contributed by atoms with E-state index in [9.17, 15) is 4.79 Å². The topological polar surface area (TPSA) is 56.7 Å². The van der Waals surface area contributed by atoms with Gasteiger partial charge in [0.05, 0.1) is 5.41 Å². The number of aliphatic imine (C=N–C) groups is 1. The first-order valence-electron chi connectivity index (χ1n) is 6.91. The third-order valence-electron chi connectivity index (χ3n) is 3.69. The number of hydrogen-bond donors (Lipinski definition) is 2. The summed E-state index contributed by atoms with van der Waals surface area (Å²) in [5.74, 6) is 0.909. The van der Waals surface area contributed by atoms with E-state index in [4.69, 9.17) is 0 Å². The Morgan fingerprint density at radius 1 is 1.35 bits per heavy atom. The third kappa shape index (κ3) is 4.51. The molecule has 0 bridgehead atoms. The van der Waals surface area contributed by atoms with Crippen molar-refractivity contribution in [3.05, 3.63) is 11.1 Å². The number of amides is 1. The van der Waals surface area contributed by atoms with Crippen LogP contribution in [0, 0.1) is 5.41 Å². The smallest absolute Gasteiger partial charge is 0.230 e. The lowest BCUT2D eigenvalue weighted by atomic mass is 9.84. The van der Waals surface area contributed by atoms with Crippen LogP contribution >= 0.6 is 15.9 Å². The average molecular weight is 345 g/mol. The normalized spacial score (nSPS) is 17.7. The van der Waals surface area contributed by atoms with Gasteiger partial charge in [0.2, 0.25) is 5.91 Å². The molecule has 0 aromatic carbocycles. The molecule has 1 saturated carbocycles. The van der Waals surface area contributed by atoms with Crippen molar-refractivity contribution in [2.24, 2.45) is 10.4 Å². The summed E-state index contributed by atoms with van der Waals surface area (Å²) in [7, 11) is 5.37. The van der Waals surface area contributed by atoms with Gasteiger partial charge < -0.3 is 15.5 Å². The first-order chi connectivity index (χ1) is 9.41. The van der Waals surface area contributed by atoms with Crippen LogP contribution in [0.25, 0.3) is 0 Å². The second-order valence-corrected chi connectivity index (χ2v) is 6.61. The lowest BCUT2D eigenvalue weighted by Crippen LogP contribution is -2.49. The highest BCUT2D eigenvalue weighted by Gasteiger charge is 2.42. The largest absolute Gasteiger partial charge is 0.355 e. The van der Waals surface area contributed by atoms with Gasteiger partial charge in [-0.25, -0.2) is 0 Å². The number of guanidine groups is 1. The lowest BCUT2D eigenvalue weighted by molar-refractivity contribution is -0.138. The number of nitrogens with one attached hydrogen (secondary N) is 2. The molecule has 0 radical (unpaired) electrons. The van der Waals surface area contributed by atoms with Crippen molar-refractivity contribution >= 4 is 27.8 Å². The highest BCUT2D eigenvalue weighted by atomic mass is 79.9. The van der Waals surface area contributed by atoms with Crippen molar-refractivity contribution < 1.29 is 4.79 Å². The van der Waals surface area contributed by atoms with Crippen LogP contribution in [0.5, 0.6) is 0 Å². The van der Waals surface area contributed by atoms with E-state index in [0.29, 0.717) is 19.0 Å². The van der Waals surface area contributed by atoms with Gasteiger partial charge >= 0.3 is 0 Å². The van der Waals surface area contributed by atoms with E-state index in [2.05, 4.69) is 38.1 Å². The molecule has 0 saturated heterocycles. The highest BCUT2D eigenvalue weighted by Crippen LogP contribution is 2.38. The second-order valence-electron chi connectivity index (χ2n) is 5.48. The molecule has 0 unspecified atom stereocenters. The van der Waals surface area contributed by atoms with Gasteiger partial charge in [-0.3, -0.25) is 9.79 Å². The SMILES string of the molecule is C=C(Br)CNC(=NC)NCC1(C(=O)N(C)C)CCCC1. The molecule has 0 aromatic rings. The summed E-state index contributed by atoms with van der Waals surface area (Å²) >= 11 is 3.30. The Morgan fingerprint density at radius 3 is 2.40 bits per heavy atom. The molecule has 0 aliphatic heterocycles. The molecule has 0 atom stereocenters. The zero-order chi connectivity index (χ0) is 15.2. The Labute approximate surface area is 130 Å². The minimum absolute atomic E-state index is 0.211. The van der Waals surface area contributed by atoms with Crippen molar-refractivity contribution in [1.29, 1.82) is 0 Å². The Balaban J connectivity index is 2.63. The van der Waals surface area contributed by atoms with Crippen molar-refractivity contribution in [3.63, 3.8) is 0 Å². The summed E-state index contributed by atoms with van der Waals surface area (Å²) in [6, 6.07) is 0. The number of hydrogen-bond acceptors (Lipinski definition) is 2. The van der Waals surface area contributed by atoms with Crippen molar-refractivity contribution in [3.8, 4) is 0 Å². The fourth-order valence-corrected chi connectivity index (χ4v) is 2.79. The Hall–Kier alpha value is -1.04. The number of halogens is 1. The molecule has 1 aliphatic rings. The quantitative estimate of drug-likeness (QED) is 0.589. The van der Waals surface area contributed by atoms with E-state index >= 15 is 0 Å². The zero-order valence-corrected chi connectivity index (χ0v) is 14.2. The summed E-state index contributed by atoms with van der Waals surface area (Å²) in [6.45, 7) is 5.00. The van der Waals surface area contributed by atoms with Crippen LogP contribution < -0.4 is 10.6 Å². The molecule has 20 heavy (non-hydrogen) atoms. The number of nitrogens with zero attached hydrogens (tertiary/aromatic N) is 2.